The average molecular weight is 208 g/mol. The molecule has 0 saturated carbocycles. The summed E-state index contributed by atoms with van der Waals surface area (Å²) in [6, 6.07) is 5.63. The predicted molar refractivity (Wildman–Crippen MR) is 62.9 cm³/mol. The molecule has 0 aliphatic rings. The fourth-order valence-electron chi connectivity index (χ4n) is 1.63. The number of rotatable bonds is 5. The molecule has 1 aromatic rings. The van der Waals surface area contributed by atoms with E-state index in [1.54, 1.807) is 12.1 Å². The summed E-state index contributed by atoms with van der Waals surface area (Å²) in [4.78, 5) is 11.5. The molecule has 0 aliphatic carbocycles. The molecule has 15 heavy (non-hydrogen) atoms. The highest BCUT2D eigenvalue weighted by molar-refractivity contribution is 5.04. The van der Waals surface area contributed by atoms with E-state index in [4.69, 9.17) is 5.73 Å². The molecule has 1 atom stereocenters. The fraction of sp³-hybridized carbons (Fsp3) is 0.583. The van der Waals surface area contributed by atoms with Crippen molar-refractivity contribution in [3.8, 4) is 0 Å². The van der Waals surface area contributed by atoms with E-state index in [1.807, 2.05) is 17.6 Å². The largest absolute Gasteiger partial charge is 0.328 e. The van der Waals surface area contributed by atoms with Crippen LogP contribution in [0.25, 0.3) is 0 Å². The first-order chi connectivity index (χ1) is 7.15. The first kappa shape index (κ1) is 12.0. The molecule has 0 radical (unpaired) electrons. The summed E-state index contributed by atoms with van der Waals surface area (Å²) >= 11 is 0. The van der Waals surface area contributed by atoms with Gasteiger partial charge in [-0.1, -0.05) is 13.0 Å². The van der Waals surface area contributed by atoms with E-state index in [9.17, 15) is 4.79 Å². The van der Waals surface area contributed by atoms with Gasteiger partial charge in [-0.25, -0.2) is 0 Å². The molecule has 84 valence electrons. The molecule has 0 aliphatic heterocycles. The Morgan fingerprint density at radius 3 is 2.80 bits per heavy atom. The van der Waals surface area contributed by atoms with Crippen molar-refractivity contribution in [3.63, 3.8) is 0 Å². The lowest BCUT2D eigenvalue weighted by molar-refractivity contribution is 0.513. The molecule has 0 aromatic carbocycles. The zero-order valence-corrected chi connectivity index (χ0v) is 9.57. The normalized spacial score (nSPS) is 12.7. The molecule has 0 amide bonds. The van der Waals surface area contributed by atoms with Crippen molar-refractivity contribution in [2.45, 2.75) is 45.7 Å². The summed E-state index contributed by atoms with van der Waals surface area (Å²) in [5, 5.41) is 0. The van der Waals surface area contributed by atoms with Gasteiger partial charge in [0.1, 0.15) is 0 Å². The quantitative estimate of drug-likeness (QED) is 0.800. The smallest absolute Gasteiger partial charge is 0.250 e. The summed E-state index contributed by atoms with van der Waals surface area (Å²) in [6.07, 6.45) is 2.96. The predicted octanol–water partition coefficient (Wildman–Crippen LogP) is 1.67. The van der Waals surface area contributed by atoms with E-state index in [-0.39, 0.29) is 11.6 Å². The molecule has 0 spiro atoms. The van der Waals surface area contributed by atoms with Gasteiger partial charge in [0, 0.05) is 24.3 Å². The third kappa shape index (κ3) is 3.51. The summed E-state index contributed by atoms with van der Waals surface area (Å²) in [5.41, 5.74) is 6.93. The third-order valence-corrected chi connectivity index (χ3v) is 2.75. The Morgan fingerprint density at radius 1 is 1.47 bits per heavy atom. The van der Waals surface area contributed by atoms with E-state index < -0.39 is 0 Å². The van der Waals surface area contributed by atoms with Gasteiger partial charge in [-0.15, -0.1) is 0 Å². The minimum atomic E-state index is 0.0834. The summed E-state index contributed by atoms with van der Waals surface area (Å²) in [5.74, 6) is 0. The van der Waals surface area contributed by atoms with Crippen LogP contribution in [0.1, 0.15) is 31.9 Å². The van der Waals surface area contributed by atoms with Gasteiger partial charge in [-0.2, -0.15) is 0 Å². The third-order valence-electron chi connectivity index (χ3n) is 2.75. The maximum Gasteiger partial charge on any atom is 0.250 e. The molecule has 1 heterocycles. The maximum absolute atomic E-state index is 11.5. The van der Waals surface area contributed by atoms with E-state index in [1.165, 1.54) is 0 Å². The Balaban J connectivity index is 2.54. The number of pyridine rings is 1. The van der Waals surface area contributed by atoms with Gasteiger partial charge in [0.25, 0.3) is 5.56 Å². The SMILES string of the molecule is CCC(N)CCCn1c(C)cccc1=O. The molecular formula is C12H20N2O. The molecule has 0 fully saturated rings. The standard InChI is InChI=1S/C12H20N2O/c1-3-11(13)7-5-9-14-10(2)6-4-8-12(14)15/h4,6,8,11H,3,5,7,9,13H2,1-2H3. The minimum Gasteiger partial charge on any atom is -0.328 e. The number of nitrogens with zero attached hydrogens (tertiary/aromatic N) is 1. The number of aromatic nitrogens is 1. The monoisotopic (exact) mass is 208 g/mol. The summed E-state index contributed by atoms with van der Waals surface area (Å²) in [6.45, 7) is 4.82. The van der Waals surface area contributed by atoms with Gasteiger partial charge < -0.3 is 10.3 Å². The maximum atomic E-state index is 11.5. The topological polar surface area (TPSA) is 48.0 Å². The Kier molecular flexibility index (Phi) is 4.56. The van der Waals surface area contributed by atoms with E-state index in [0.717, 1.165) is 31.5 Å². The Labute approximate surface area is 90.9 Å². The summed E-state index contributed by atoms with van der Waals surface area (Å²) in [7, 11) is 0. The zero-order valence-electron chi connectivity index (χ0n) is 9.57. The van der Waals surface area contributed by atoms with E-state index >= 15 is 0 Å². The van der Waals surface area contributed by atoms with Crippen LogP contribution < -0.4 is 11.3 Å². The van der Waals surface area contributed by atoms with Gasteiger partial charge in [0.2, 0.25) is 0 Å². The van der Waals surface area contributed by atoms with Crippen LogP contribution in [-0.2, 0) is 6.54 Å². The summed E-state index contributed by atoms with van der Waals surface area (Å²) < 4.78 is 1.81. The van der Waals surface area contributed by atoms with Crippen LogP contribution in [0.15, 0.2) is 23.0 Å². The van der Waals surface area contributed by atoms with Crippen LogP contribution in [0.5, 0.6) is 0 Å². The molecule has 1 unspecified atom stereocenters. The lowest BCUT2D eigenvalue weighted by atomic mass is 10.1. The van der Waals surface area contributed by atoms with Crippen molar-refractivity contribution < 1.29 is 0 Å². The first-order valence-electron chi connectivity index (χ1n) is 5.57. The highest BCUT2D eigenvalue weighted by Gasteiger charge is 2.01. The van der Waals surface area contributed by atoms with Crippen LogP contribution in [0.2, 0.25) is 0 Å². The molecule has 2 N–H and O–H groups in total. The van der Waals surface area contributed by atoms with Crippen molar-refractivity contribution in [1.82, 2.24) is 4.57 Å². The van der Waals surface area contributed by atoms with Gasteiger partial charge >= 0.3 is 0 Å². The molecule has 3 nitrogen and oxygen atoms in total. The Bertz CT molecular complexity index is 357. The van der Waals surface area contributed by atoms with Crippen molar-refractivity contribution in [2.75, 3.05) is 0 Å². The molecule has 1 aromatic heterocycles. The van der Waals surface area contributed by atoms with Gasteiger partial charge in [0.15, 0.2) is 0 Å². The first-order valence-corrected chi connectivity index (χ1v) is 5.57. The van der Waals surface area contributed by atoms with Crippen molar-refractivity contribution in [3.05, 3.63) is 34.2 Å². The van der Waals surface area contributed by atoms with Crippen LogP contribution in [0.4, 0.5) is 0 Å². The molecule has 3 heteroatoms. The van der Waals surface area contributed by atoms with Gasteiger partial charge in [-0.3, -0.25) is 4.79 Å². The van der Waals surface area contributed by atoms with Gasteiger partial charge in [-0.05, 0) is 32.3 Å². The van der Waals surface area contributed by atoms with Crippen molar-refractivity contribution >= 4 is 0 Å². The van der Waals surface area contributed by atoms with Crippen LogP contribution >= 0.6 is 0 Å². The van der Waals surface area contributed by atoms with Gasteiger partial charge in [0.05, 0.1) is 0 Å². The molecule has 0 saturated heterocycles. The van der Waals surface area contributed by atoms with Crippen LogP contribution in [0.3, 0.4) is 0 Å². The second-order valence-corrected chi connectivity index (χ2v) is 3.97. The second-order valence-electron chi connectivity index (χ2n) is 3.97. The average Bonchev–Trinajstić information content (AvgIpc) is 2.22. The Hall–Kier alpha value is -1.09. The van der Waals surface area contributed by atoms with Crippen LogP contribution in [-0.4, -0.2) is 10.6 Å². The van der Waals surface area contributed by atoms with Crippen LogP contribution in [0, 0.1) is 6.92 Å². The van der Waals surface area contributed by atoms with E-state index in [0.29, 0.717) is 0 Å². The zero-order chi connectivity index (χ0) is 11.3. The lowest BCUT2D eigenvalue weighted by Gasteiger charge is -2.11. The number of aryl methyl sites for hydroxylation is 1. The fourth-order valence-corrected chi connectivity index (χ4v) is 1.63. The Morgan fingerprint density at radius 2 is 2.20 bits per heavy atom. The van der Waals surface area contributed by atoms with Crippen molar-refractivity contribution in [1.29, 1.82) is 0 Å². The highest BCUT2D eigenvalue weighted by Crippen LogP contribution is 2.02. The molecule has 0 bridgehead atoms. The van der Waals surface area contributed by atoms with Crippen molar-refractivity contribution in [2.24, 2.45) is 5.73 Å². The number of hydrogen-bond acceptors (Lipinski definition) is 2. The highest BCUT2D eigenvalue weighted by atomic mass is 16.1. The molecular weight excluding hydrogens is 188 g/mol. The molecule has 1 rings (SSSR count). The lowest BCUT2D eigenvalue weighted by Crippen LogP contribution is -2.23. The minimum absolute atomic E-state index is 0.0834. The number of hydrogen-bond donors (Lipinski definition) is 1. The van der Waals surface area contributed by atoms with E-state index in [2.05, 4.69) is 6.92 Å². The number of nitrogens with two attached hydrogens (primary N) is 1. The second kappa shape index (κ2) is 5.71.